The highest BCUT2D eigenvalue weighted by atomic mass is 32.2. The van der Waals surface area contributed by atoms with Gasteiger partial charge < -0.3 is 20.3 Å². The van der Waals surface area contributed by atoms with Crippen LogP contribution in [0.15, 0.2) is 108 Å². The number of hydrogen-bond donors (Lipinski definition) is 2. The van der Waals surface area contributed by atoms with Crippen molar-refractivity contribution in [3.8, 4) is 22.8 Å². The number of piperidine rings is 2. The zero-order chi connectivity index (χ0) is 39.6. The van der Waals surface area contributed by atoms with Crippen LogP contribution in [0.5, 0.6) is 11.5 Å². The van der Waals surface area contributed by atoms with Crippen molar-refractivity contribution < 1.29 is 19.1 Å². The van der Waals surface area contributed by atoms with Crippen LogP contribution in [-0.4, -0.2) is 78.7 Å². The van der Waals surface area contributed by atoms with Crippen molar-refractivity contribution in [2.24, 2.45) is 0 Å². The van der Waals surface area contributed by atoms with Crippen LogP contribution in [0.1, 0.15) is 58.8 Å². The SMILES string of the molecule is Nc1ncnc2c1c(-c1ccc(Oc3ccccc3)cc1)nn2[C@@H]1CCCN(CCc2ccc(CCSc3cccc4c3CN(C3CCC(=O)NC3=O)C4=O)cc2)C1. The fourth-order valence-electron chi connectivity index (χ4n) is 8.32. The summed E-state index contributed by atoms with van der Waals surface area (Å²) in [6.45, 7) is 3.25. The average molecular weight is 793 g/mol. The molecule has 0 bridgehead atoms. The molecule has 0 spiro atoms. The lowest BCUT2D eigenvalue weighted by Crippen LogP contribution is -2.52. The molecular weight excluding hydrogens is 749 g/mol. The van der Waals surface area contributed by atoms with Crippen LogP contribution in [0, 0.1) is 0 Å². The second kappa shape index (κ2) is 16.4. The molecule has 2 aromatic heterocycles. The van der Waals surface area contributed by atoms with Gasteiger partial charge in [-0.05, 0) is 104 Å². The normalized spacial score (nSPS) is 18.4. The lowest BCUT2D eigenvalue weighted by atomic mass is 10.0. The van der Waals surface area contributed by atoms with Crippen molar-refractivity contribution in [3.05, 3.63) is 126 Å². The molecule has 2 saturated heterocycles. The Kier molecular flexibility index (Phi) is 10.6. The molecule has 3 amide bonds. The largest absolute Gasteiger partial charge is 0.457 e. The number of carbonyl (C=O) groups excluding carboxylic acids is 3. The quantitative estimate of drug-likeness (QED) is 0.0997. The number of likely N-dealkylation sites (tertiary alicyclic amines) is 1. The number of anilines is 1. The Hall–Kier alpha value is -6.05. The number of para-hydroxylation sites is 1. The maximum absolute atomic E-state index is 13.2. The zero-order valence-corrected chi connectivity index (χ0v) is 32.9. The van der Waals surface area contributed by atoms with E-state index in [1.807, 2.05) is 66.7 Å². The van der Waals surface area contributed by atoms with E-state index in [1.54, 1.807) is 16.7 Å². The lowest BCUT2D eigenvalue weighted by Gasteiger charge is -2.33. The van der Waals surface area contributed by atoms with Gasteiger partial charge in [0.25, 0.3) is 5.91 Å². The molecular formula is C45H44N8O4S. The molecule has 13 heteroatoms. The fraction of sp³-hybridized carbons (Fsp3) is 0.289. The number of rotatable bonds is 12. The van der Waals surface area contributed by atoms with E-state index in [2.05, 4.69) is 55.2 Å². The van der Waals surface area contributed by atoms with Gasteiger partial charge in [-0.3, -0.25) is 19.7 Å². The Balaban J connectivity index is 0.798. The maximum Gasteiger partial charge on any atom is 0.255 e. The Morgan fingerprint density at radius 2 is 1.62 bits per heavy atom. The van der Waals surface area contributed by atoms with E-state index in [9.17, 15) is 14.4 Å². The van der Waals surface area contributed by atoms with Crippen molar-refractivity contribution in [3.63, 3.8) is 0 Å². The number of aryl methyl sites for hydroxylation is 1. The summed E-state index contributed by atoms with van der Waals surface area (Å²) >= 11 is 1.74. The molecule has 6 aromatic rings. The predicted octanol–water partition coefficient (Wildman–Crippen LogP) is 6.84. The smallest absolute Gasteiger partial charge is 0.255 e. The first-order chi connectivity index (χ1) is 28.4. The number of hydrogen-bond acceptors (Lipinski definition) is 10. The molecule has 0 radical (unpaired) electrons. The highest BCUT2D eigenvalue weighted by Gasteiger charge is 2.40. The van der Waals surface area contributed by atoms with Crippen LogP contribution in [0.2, 0.25) is 0 Å². The number of aromatic nitrogens is 4. The number of fused-ring (bicyclic) bond motifs is 2. The van der Waals surface area contributed by atoms with Gasteiger partial charge in [-0.2, -0.15) is 5.10 Å². The number of carbonyl (C=O) groups is 3. The third-order valence-electron chi connectivity index (χ3n) is 11.4. The number of amides is 3. The molecule has 1 unspecified atom stereocenters. The molecule has 12 nitrogen and oxygen atoms in total. The molecule has 0 aliphatic carbocycles. The van der Waals surface area contributed by atoms with Crippen molar-refractivity contribution in [1.82, 2.24) is 34.9 Å². The van der Waals surface area contributed by atoms with Gasteiger partial charge in [0.2, 0.25) is 11.8 Å². The van der Waals surface area contributed by atoms with Gasteiger partial charge in [0.1, 0.15) is 35.4 Å². The van der Waals surface area contributed by atoms with Crippen LogP contribution in [0.4, 0.5) is 5.82 Å². The summed E-state index contributed by atoms with van der Waals surface area (Å²) in [5.41, 5.74) is 13.1. The second-order valence-electron chi connectivity index (χ2n) is 15.1. The zero-order valence-electron chi connectivity index (χ0n) is 32.0. The first-order valence-electron chi connectivity index (χ1n) is 19.9. The third-order valence-corrected chi connectivity index (χ3v) is 12.5. The number of nitrogens with two attached hydrogens (primary N) is 1. The molecule has 4 aromatic carbocycles. The number of thioether (sulfide) groups is 1. The van der Waals surface area contributed by atoms with Crippen molar-refractivity contribution in [1.29, 1.82) is 0 Å². The summed E-state index contributed by atoms with van der Waals surface area (Å²) in [6, 6.07) is 31.9. The van der Waals surface area contributed by atoms with Crippen molar-refractivity contribution in [2.45, 2.75) is 62.0 Å². The summed E-state index contributed by atoms with van der Waals surface area (Å²) in [7, 11) is 0. The molecule has 58 heavy (non-hydrogen) atoms. The molecule has 2 fully saturated rings. The first kappa shape index (κ1) is 37.5. The highest BCUT2D eigenvalue weighted by Crippen LogP contribution is 2.36. The summed E-state index contributed by atoms with van der Waals surface area (Å²) in [5, 5.41) is 8.29. The fourth-order valence-corrected chi connectivity index (χ4v) is 9.40. The molecule has 5 heterocycles. The number of ether oxygens (including phenoxy) is 1. The second-order valence-corrected chi connectivity index (χ2v) is 16.3. The van der Waals surface area contributed by atoms with E-state index in [4.69, 9.17) is 15.6 Å². The van der Waals surface area contributed by atoms with Crippen molar-refractivity contribution in [2.75, 3.05) is 31.1 Å². The number of benzene rings is 4. The molecule has 2 atom stereocenters. The molecule has 0 saturated carbocycles. The molecule has 3 aliphatic heterocycles. The minimum atomic E-state index is -0.609. The summed E-state index contributed by atoms with van der Waals surface area (Å²) in [6.07, 6.45) is 6.05. The van der Waals surface area contributed by atoms with Crippen LogP contribution >= 0.6 is 11.8 Å². The summed E-state index contributed by atoms with van der Waals surface area (Å²) in [5.74, 6) is 2.01. The average Bonchev–Trinajstić information content (AvgIpc) is 3.81. The minimum absolute atomic E-state index is 0.140. The van der Waals surface area contributed by atoms with Gasteiger partial charge in [0.15, 0.2) is 5.65 Å². The summed E-state index contributed by atoms with van der Waals surface area (Å²) < 4.78 is 8.08. The molecule has 3 N–H and O–H groups in total. The molecule has 9 rings (SSSR count). The van der Waals surface area contributed by atoms with Crippen LogP contribution < -0.4 is 15.8 Å². The van der Waals surface area contributed by atoms with E-state index in [1.165, 1.54) is 17.5 Å². The Morgan fingerprint density at radius 3 is 2.41 bits per heavy atom. The molecule has 294 valence electrons. The lowest BCUT2D eigenvalue weighted by molar-refractivity contribution is -0.136. The number of nitrogen functional groups attached to an aromatic ring is 1. The summed E-state index contributed by atoms with van der Waals surface area (Å²) in [4.78, 5) is 51.6. The van der Waals surface area contributed by atoms with Gasteiger partial charge in [-0.25, -0.2) is 14.6 Å². The topological polar surface area (TPSA) is 149 Å². The van der Waals surface area contributed by atoms with Crippen LogP contribution in [0.3, 0.4) is 0 Å². The monoisotopic (exact) mass is 792 g/mol. The van der Waals surface area contributed by atoms with E-state index in [0.717, 1.165) is 95.3 Å². The van der Waals surface area contributed by atoms with E-state index in [0.29, 0.717) is 24.3 Å². The van der Waals surface area contributed by atoms with Gasteiger partial charge in [0, 0.05) is 47.8 Å². The van der Waals surface area contributed by atoms with Crippen LogP contribution in [0.25, 0.3) is 22.3 Å². The van der Waals surface area contributed by atoms with Gasteiger partial charge in [-0.1, -0.05) is 48.5 Å². The van der Waals surface area contributed by atoms with Gasteiger partial charge >= 0.3 is 0 Å². The highest BCUT2D eigenvalue weighted by molar-refractivity contribution is 7.99. The third kappa shape index (κ3) is 7.79. The molecule has 3 aliphatic rings. The number of nitrogens with one attached hydrogen (secondary N) is 1. The Morgan fingerprint density at radius 1 is 0.845 bits per heavy atom. The van der Waals surface area contributed by atoms with Crippen LogP contribution in [-0.2, 0) is 29.0 Å². The van der Waals surface area contributed by atoms with E-state index < -0.39 is 6.04 Å². The van der Waals surface area contributed by atoms with Gasteiger partial charge in [0.05, 0.1) is 11.4 Å². The number of imide groups is 1. The predicted molar refractivity (Wildman–Crippen MR) is 223 cm³/mol. The van der Waals surface area contributed by atoms with Gasteiger partial charge in [-0.15, -0.1) is 11.8 Å². The van der Waals surface area contributed by atoms with E-state index >= 15 is 0 Å². The van der Waals surface area contributed by atoms with E-state index in [-0.39, 0.29) is 30.2 Å². The Labute approximate surface area is 340 Å². The minimum Gasteiger partial charge on any atom is -0.457 e. The standard InChI is InChI=1S/C45H44N8O4S/c46-42-40-41(31-15-17-34(18-16-31)57-33-7-2-1-3-8-33)50-53(43(40)48-28-47-42)32-6-5-23-51(26-32)24-21-29-11-13-30(14-12-29)22-25-58-38-10-4-9-35-36(38)27-52(45(35)56)37-19-20-39(54)49-44(37)55/h1-4,7-18,28,32,37H,5-6,19-27H2,(H2,46,47,48)(H,49,54,55)/t32-,37?/m1/s1. The first-order valence-corrected chi connectivity index (χ1v) is 20.9. The van der Waals surface area contributed by atoms with Crippen molar-refractivity contribution >= 4 is 46.3 Å². The number of nitrogens with zero attached hydrogens (tertiary/aromatic N) is 6. The maximum atomic E-state index is 13.2. The Bertz CT molecular complexity index is 2470.